The van der Waals surface area contributed by atoms with Crippen LogP contribution >= 0.6 is 0 Å². The fourth-order valence-corrected chi connectivity index (χ4v) is 7.03. The number of sulfonamides is 1. The van der Waals surface area contributed by atoms with E-state index < -0.39 is 10.0 Å². The van der Waals surface area contributed by atoms with Gasteiger partial charge in [0.2, 0.25) is 10.0 Å². The molecular formula is C46H45CuN9O2S. The Balaban J connectivity index is 0.000000299. The number of fused-ring (bicyclic) bond motifs is 20. The molecule has 13 heteroatoms. The van der Waals surface area contributed by atoms with Crippen LogP contribution in [0.1, 0.15) is 46.2 Å². The van der Waals surface area contributed by atoms with Crippen LogP contribution < -0.4 is 14.7 Å². The van der Waals surface area contributed by atoms with Crippen LogP contribution in [0.5, 0.6) is 0 Å². The summed E-state index contributed by atoms with van der Waals surface area (Å²) in [5, 5.41) is 3.57. The zero-order valence-electron chi connectivity index (χ0n) is 33.1. The van der Waals surface area contributed by atoms with E-state index in [2.05, 4.69) is 4.72 Å². The van der Waals surface area contributed by atoms with E-state index in [0.717, 1.165) is 61.2 Å². The standard InChI is InChI=1S/C32H16N8.C9H13NO2S.2C2H6.CH4.Cu/c1-2-10-18-17(9-1)25-33-26(18)38-28-21-13-5-6-14-22(21)30(35-28)40-32-24-16-8-7-15-23(24)31(36-32)39-29-20-12-4-3-11-19(20)27(34-29)37-25;1-7-4-5-9(6-8(7)2)10-13(3,11)12;2*1-2;;/h1-16H;4-6,10H,1-3H3;2*1-2H3;1H4;/q-2;;;;;+2. The Bertz CT molecular complexity index is 2750. The first kappa shape index (κ1) is 43.8. The SMILES string of the molecule is C.CC.CC.Cc1ccc(NS(C)(=O)=O)cc1C.[Cu+2].c1ccc2c(c1)-c1nc-2nc2[n-]c(nc3nc(nc4[n-]c(n1)c1ccccc41)-c1ccccc1-3)c1ccccc21. The van der Waals surface area contributed by atoms with Crippen LogP contribution in [0, 0.1) is 13.8 Å². The summed E-state index contributed by atoms with van der Waals surface area (Å²) in [5.74, 6) is 2.21. The number of hydrogen-bond acceptors (Lipinski definition) is 8. The van der Waals surface area contributed by atoms with Gasteiger partial charge >= 0.3 is 17.1 Å². The van der Waals surface area contributed by atoms with Crippen molar-refractivity contribution in [3.8, 4) is 45.6 Å². The number of nitrogens with zero attached hydrogens (tertiary/aromatic N) is 8. The molecule has 0 saturated heterocycles. The molecule has 10 rings (SSSR count). The van der Waals surface area contributed by atoms with Gasteiger partial charge in [0, 0.05) is 50.5 Å². The molecule has 5 aromatic carbocycles. The van der Waals surface area contributed by atoms with Gasteiger partial charge in [-0.2, -0.15) is 0 Å². The Morgan fingerprint density at radius 1 is 0.458 bits per heavy atom. The van der Waals surface area contributed by atoms with Crippen molar-refractivity contribution in [3.05, 3.63) is 126 Å². The number of aromatic nitrogens is 8. The van der Waals surface area contributed by atoms with E-state index in [0.29, 0.717) is 51.6 Å². The smallest absolute Gasteiger partial charge is 0.357 e. The Labute approximate surface area is 355 Å². The third kappa shape index (κ3) is 8.92. The summed E-state index contributed by atoms with van der Waals surface area (Å²) in [7, 11) is -3.16. The largest absolute Gasteiger partial charge is 2.00 e. The molecule has 0 aliphatic carbocycles. The predicted molar refractivity (Wildman–Crippen MR) is 238 cm³/mol. The van der Waals surface area contributed by atoms with Crippen LogP contribution in [0.15, 0.2) is 115 Å². The average molecular weight is 852 g/mol. The summed E-state index contributed by atoms with van der Waals surface area (Å²) in [5.41, 5.74) is 8.63. The van der Waals surface area contributed by atoms with Crippen molar-refractivity contribution in [3.63, 3.8) is 0 Å². The van der Waals surface area contributed by atoms with Crippen LogP contribution in [0.4, 0.5) is 5.69 Å². The van der Waals surface area contributed by atoms with Gasteiger partial charge in [0.25, 0.3) is 0 Å². The van der Waals surface area contributed by atoms with E-state index in [1.165, 1.54) is 0 Å². The molecule has 59 heavy (non-hydrogen) atoms. The maximum atomic E-state index is 10.9. The van der Waals surface area contributed by atoms with Crippen LogP contribution in [-0.4, -0.2) is 44.6 Å². The number of hydrogen-bond donors (Lipinski definition) is 1. The molecule has 1 N–H and O–H groups in total. The van der Waals surface area contributed by atoms with Gasteiger partial charge < -0.3 is 29.9 Å². The quantitative estimate of drug-likeness (QED) is 0.166. The van der Waals surface area contributed by atoms with Gasteiger partial charge in [-0.05, 0) is 58.7 Å². The first-order chi connectivity index (χ1) is 27.7. The van der Waals surface area contributed by atoms with Gasteiger partial charge in [-0.3, -0.25) is 4.72 Å². The van der Waals surface area contributed by atoms with Crippen LogP contribution in [0.2, 0.25) is 0 Å². The maximum absolute atomic E-state index is 10.9. The van der Waals surface area contributed by atoms with Crippen molar-refractivity contribution in [2.75, 3.05) is 11.0 Å². The van der Waals surface area contributed by atoms with Gasteiger partial charge in [-0.25, -0.2) is 18.4 Å². The third-order valence-corrected chi connectivity index (χ3v) is 9.75. The molecule has 3 aromatic heterocycles. The molecule has 0 saturated carbocycles. The second-order valence-corrected chi connectivity index (χ2v) is 14.6. The molecule has 303 valence electrons. The first-order valence-corrected chi connectivity index (χ1v) is 20.7. The molecular weight excluding hydrogens is 806 g/mol. The monoisotopic (exact) mass is 850 g/mol. The van der Waals surface area contributed by atoms with E-state index in [-0.39, 0.29) is 24.5 Å². The molecule has 1 radical (unpaired) electrons. The van der Waals surface area contributed by atoms with E-state index in [4.69, 9.17) is 39.9 Å². The minimum atomic E-state index is -3.16. The van der Waals surface area contributed by atoms with Crippen LogP contribution in [-0.2, 0) is 27.1 Å². The molecule has 0 spiro atoms. The summed E-state index contributed by atoms with van der Waals surface area (Å²) >= 11 is 0. The fraction of sp³-hybridized carbons (Fsp3) is 0.174. The number of aryl methyl sites for hydroxylation is 2. The van der Waals surface area contributed by atoms with Crippen LogP contribution in [0.25, 0.3) is 89.7 Å². The summed E-state index contributed by atoms with van der Waals surface area (Å²) in [6, 6.07) is 37.3. The van der Waals surface area contributed by atoms with Crippen molar-refractivity contribution in [1.82, 2.24) is 39.9 Å². The van der Waals surface area contributed by atoms with Gasteiger partial charge in [-0.1, -0.05) is 138 Å². The van der Waals surface area contributed by atoms with E-state index in [1.807, 2.05) is 151 Å². The number of anilines is 1. The van der Waals surface area contributed by atoms with Crippen molar-refractivity contribution >= 4 is 59.8 Å². The minimum absolute atomic E-state index is 0. The second kappa shape index (κ2) is 18.5. The van der Waals surface area contributed by atoms with Gasteiger partial charge in [0.1, 0.15) is 0 Å². The number of rotatable bonds is 2. The fourth-order valence-electron chi connectivity index (χ4n) is 6.48. The van der Waals surface area contributed by atoms with Crippen molar-refractivity contribution in [2.24, 2.45) is 0 Å². The molecule has 11 nitrogen and oxygen atoms in total. The third-order valence-electron chi connectivity index (χ3n) is 9.14. The zero-order valence-corrected chi connectivity index (χ0v) is 34.8. The van der Waals surface area contributed by atoms with Gasteiger partial charge in [0.05, 0.1) is 29.6 Å². The summed E-state index contributed by atoms with van der Waals surface area (Å²) < 4.78 is 24.2. The molecule has 0 fully saturated rings. The first-order valence-electron chi connectivity index (χ1n) is 18.8. The number of nitrogens with one attached hydrogen (secondary N) is 1. The van der Waals surface area contributed by atoms with E-state index in [1.54, 1.807) is 6.07 Å². The topological polar surface area (TPSA) is 152 Å². The molecule has 0 amide bonds. The van der Waals surface area contributed by atoms with Crippen molar-refractivity contribution in [2.45, 2.75) is 49.0 Å². The molecule has 8 bridgehead atoms. The van der Waals surface area contributed by atoms with Crippen molar-refractivity contribution in [1.29, 1.82) is 0 Å². The second-order valence-electron chi connectivity index (χ2n) is 12.8. The molecule has 0 unspecified atom stereocenters. The van der Waals surface area contributed by atoms with Gasteiger partial charge in [-0.15, -0.1) is 0 Å². The average Bonchev–Trinajstić information content (AvgIpc) is 3.96. The summed E-state index contributed by atoms with van der Waals surface area (Å²) in [4.78, 5) is 39.3. The molecule has 2 aliphatic rings. The molecule has 0 atom stereocenters. The molecule has 8 aromatic rings. The van der Waals surface area contributed by atoms with E-state index in [9.17, 15) is 8.42 Å². The Morgan fingerprint density at radius 2 is 0.763 bits per heavy atom. The summed E-state index contributed by atoms with van der Waals surface area (Å²) in [6.07, 6.45) is 1.14. The Kier molecular flexibility index (Phi) is 13.8. The number of benzene rings is 5. The Hall–Kier alpha value is -6.27. The van der Waals surface area contributed by atoms with Gasteiger partial charge in [0.15, 0.2) is 0 Å². The Morgan fingerprint density at radius 3 is 1.05 bits per heavy atom. The predicted octanol–water partition coefficient (Wildman–Crippen LogP) is 10.5. The van der Waals surface area contributed by atoms with Crippen molar-refractivity contribution < 1.29 is 25.5 Å². The molecule has 2 aliphatic heterocycles. The summed E-state index contributed by atoms with van der Waals surface area (Å²) in [6.45, 7) is 11.9. The van der Waals surface area contributed by atoms with E-state index >= 15 is 0 Å². The zero-order chi connectivity index (χ0) is 40.3. The molecule has 5 heterocycles. The van der Waals surface area contributed by atoms with Crippen LogP contribution in [0.3, 0.4) is 0 Å². The normalized spacial score (nSPS) is 10.8. The maximum Gasteiger partial charge on any atom is 2.00 e. The minimum Gasteiger partial charge on any atom is -0.357 e.